The first-order chi connectivity index (χ1) is 10.7. The molecule has 2 aliphatic rings. The summed E-state index contributed by atoms with van der Waals surface area (Å²) in [5, 5.41) is 3.16. The van der Waals surface area contributed by atoms with Crippen LogP contribution in [0.2, 0.25) is 0 Å². The molecular formula is C17H18FN3O. The molecule has 0 bridgehead atoms. The van der Waals surface area contributed by atoms with E-state index in [0.717, 1.165) is 37.2 Å². The van der Waals surface area contributed by atoms with E-state index in [-0.39, 0.29) is 29.6 Å². The van der Waals surface area contributed by atoms with E-state index in [1.807, 2.05) is 12.4 Å². The highest BCUT2D eigenvalue weighted by atomic mass is 19.1. The van der Waals surface area contributed by atoms with Crippen LogP contribution in [0.25, 0.3) is 0 Å². The Morgan fingerprint density at radius 3 is 2.95 bits per heavy atom. The number of nitrogens with one attached hydrogen (secondary N) is 1. The summed E-state index contributed by atoms with van der Waals surface area (Å²) >= 11 is 0. The molecule has 1 aliphatic heterocycles. The van der Waals surface area contributed by atoms with Crippen molar-refractivity contribution in [1.82, 2.24) is 14.9 Å². The van der Waals surface area contributed by atoms with Crippen LogP contribution < -0.4 is 5.32 Å². The van der Waals surface area contributed by atoms with Crippen LogP contribution in [0.3, 0.4) is 0 Å². The SMILES string of the molecule is O=C(N[C@@H]1CCc2nccn2C1)[C@@H]1C[C@@H]1c1ccc(F)cc1. The zero-order chi connectivity index (χ0) is 15.1. The zero-order valence-corrected chi connectivity index (χ0v) is 12.2. The molecule has 1 saturated carbocycles. The second-order valence-corrected chi connectivity index (χ2v) is 6.24. The number of hydrogen-bond acceptors (Lipinski definition) is 2. The van der Waals surface area contributed by atoms with Crippen molar-refractivity contribution in [3.63, 3.8) is 0 Å². The van der Waals surface area contributed by atoms with E-state index in [0.29, 0.717) is 0 Å². The van der Waals surface area contributed by atoms with Crippen LogP contribution in [0.1, 0.15) is 30.1 Å². The number of halogens is 1. The molecule has 2 heterocycles. The normalized spacial score (nSPS) is 26.3. The average Bonchev–Trinajstić information content (AvgIpc) is 3.18. The Hall–Kier alpha value is -2.17. The van der Waals surface area contributed by atoms with Gasteiger partial charge in [-0.05, 0) is 36.5 Å². The molecule has 4 rings (SSSR count). The summed E-state index contributed by atoms with van der Waals surface area (Å²) in [6, 6.07) is 6.68. The van der Waals surface area contributed by atoms with Crippen LogP contribution in [-0.4, -0.2) is 21.5 Å². The first-order valence-electron chi connectivity index (χ1n) is 7.76. The molecule has 0 spiro atoms. The number of rotatable bonds is 3. The Kier molecular flexibility index (Phi) is 3.21. The lowest BCUT2D eigenvalue weighted by atomic mass is 10.1. The molecule has 1 aromatic heterocycles. The van der Waals surface area contributed by atoms with Crippen molar-refractivity contribution in [2.24, 2.45) is 5.92 Å². The van der Waals surface area contributed by atoms with E-state index in [2.05, 4.69) is 14.9 Å². The van der Waals surface area contributed by atoms with Crippen molar-refractivity contribution >= 4 is 5.91 Å². The van der Waals surface area contributed by atoms with Gasteiger partial charge in [-0.15, -0.1) is 0 Å². The molecule has 5 heteroatoms. The largest absolute Gasteiger partial charge is 0.351 e. The fraction of sp³-hybridized carbons (Fsp3) is 0.412. The van der Waals surface area contributed by atoms with Gasteiger partial charge in [0.1, 0.15) is 11.6 Å². The minimum absolute atomic E-state index is 0.0367. The number of carbonyl (C=O) groups excluding carboxylic acids is 1. The average molecular weight is 299 g/mol. The van der Waals surface area contributed by atoms with E-state index >= 15 is 0 Å². The number of fused-ring (bicyclic) bond motifs is 1. The molecule has 4 nitrogen and oxygen atoms in total. The number of carbonyl (C=O) groups is 1. The minimum atomic E-state index is -0.233. The van der Waals surface area contributed by atoms with Crippen LogP contribution in [0.15, 0.2) is 36.7 Å². The van der Waals surface area contributed by atoms with Crippen molar-refractivity contribution in [2.75, 3.05) is 0 Å². The summed E-state index contributed by atoms with van der Waals surface area (Å²) < 4.78 is 15.1. The van der Waals surface area contributed by atoms with Gasteiger partial charge >= 0.3 is 0 Å². The van der Waals surface area contributed by atoms with Gasteiger partial charge in [0.25, 0.3) is 0 Å². The summed E-state index contributed by atoms with van der Waals surface area (Å²) in [4.78, 5) is 16.7. The van der Waals surface area contributed by atoms with Crippen LogP contribution in [-0.2, 0) is 17.8 Å². The summed E-state index contributed by atoms with van der Waals surface area (Å²) in [5.74, 6) is 1.27. The molecule has 0 unspecified atom stereocenters. The van der Waals surface area contributed by atoms with Gasteiger partial charge in [-0.3, -0.25) is 4.79 Å². The van der Waals surface area contributed by atoms with Crippen molar-refractivity contribution in [2.45, 2.75) is 37.8 Å². The summed E-state index contributed by atoms with van der Waals surface area (Å²) in [6.45, 7) is 0.801. The topological polar surface area (TPSA) is 46.9 Å². The van der Waals surface area contributed by atoms with Crippen LogP contribution >= 0.6 is 0 Å². The second-order valence-electron chi connectivity index (χ2n) is 6.24. The number of amides is 1. The van der Waals surface area contributed by atoms with E-state index in [9.17, 15) is 9.18 Å². The number of imidazole rings is 1. The van der Waals surface area contributed by atoms with Gasteiger partial charge in [-0.2, -0.15) is 0 Å². The molecule has 22 heavy (non-hydrogen) atoms. The first kappa shape index (κ1) is 13.5. The van der Waals surface area contributed by atoms with E-state index < -0.39 is 0 Å². The van der Waals surface area contributed by atoms with E-state index in [1.54, 1.807) is 12.1 Å². The number of aromatic nitrogens is 2. The van der Waals surface area contributed by atoms with Gasteiger partial charge < -0.3 is 9.88 Å². The third-order valence-corrected chi connectivity index (χ3v) is 4.71. The Labute approximate surface area is 128 Å². The van der Waals surface area contributed by atoms with Crippen molar-refractivity contribution in [3.05, 3.63) is 53.9 Å². The van der Waals surface area contributed by atoms with Crippen LogP contribution in [0.5, 0.6) is 0 Å². The number of benzene rings is 1. The van der Waals surface area contributed by atoms with Crippen molar-refractivity contribution in [1.29, 1.82) is 0 Å². The third kappa shape index (κ3) is 2.51. The highest BCUT2D eigenvalue weighted by Crippen LogP contribution is 2.47. The third-order valence-electron chi connectivity index (χ3n) is 4.71. The molecule has 0 radical (unpaired) electrons. The fourth-order valence-corrected chi connectivity index (χ4v) is 3.36. The summed E-state index contributed by atoms with van der Waals surface area (Å²) in [6.07, 6.45) is 6.48. The molecule has 1 aromatic carbocycles. The maximum absolute atomic E-state index is 12.9. The lowest BCUT2D eigenvalue weighted by Gasteiger charge is -2.24. The highest BCUT2D eigenvalue weighted by molar-refractivity contribution is 5.83. The molecule has 114 valence electrons. The smallest absolute Gasteiger partial charge is 0.224 e. The van der Waals surface area contributed by atoms with Gasteiger partial charge in [0.15, 0.2) is 0 Å². The Balaban J connectivity index is 1.35. The van der Waals surface area contributed by atoms with Gasteiger partial charge in [-0.25, -0.2) is 9.37 Å². The Morgan fingerprint density at radius 2 is 2.14 bits per heavy atom. The fourth-order valence-electron chi connectivity index (χ4n) is 3.36. The molecule has 1 aliphatic carbocycles. The number of hydrogen-bond donors (Lipinski definition) is 1. The van der Waals surface area contributed by atoms with Gasteiger partial charge in [-0.1, -0.05) is 12.1 Å². The van der Waals surface area contributed by atoms with Crippen molar-refractivity contribution < 1.29 is 9.18 Å². The monoisotopic (exact) mass is 299 g/mol. The lowest BCUT2D eigenvalue weighted by Crippen LogP contribution is -2.41. The second kappa shape index (κ2) is 5.23. The highest BCUT2D eigenvalue weighted by Gasteiger charge is 2.44. The van der Waals surface area contributed by atoms with E-state index in [1.165, 1.54) is 12.1 Å². The van der Waals surface area contributed by atoms with E-state index in [4.69, 9.17) is 0 Å². The molecule has 0 saturated heterocycles. The molecular weight excluding hydrogens is 281 g/mol. The van der Waals surface area contributed by atoms with Gasteiger partial charge in [0, 0.05) is 37.3 Å². The summed E-state index contributed by atoms with van der Waals surface area (Å²) in [5.41, 5.74) is 1.06. The van der Waals surface area contributed by atoms with Crippen LogP contribution in [0.4, 0.5) is 4.39 Å². The minimum Gasteiger partial charge on any atom is -0.351 e. The van der Waals surface area contributed by atoms with Gasteiger partial charge in [0.2, 0.25) is 5.91 Å². The van der Waals surface area contributed by atoms with Gasteiger partial charge in [0.05, 0.1) is 0 Å². The first-order valence-corrected chi connectivity index (χ1v) is 7.76. The maximum atomic E-state index is 12.9. The molecule has 3 atom stereocenters. The predicted octanol–water partition coefficient (Wildman–Crippen LogP) is 2.26. The zero-order valence-electron chi connectivity index (χ0n) is 12.2. The molecule has 1 N–H and O–H groups in total. The lowest BCUT2D eigenvalue weighted by molar-refractivity contribution is -0.123. The molecule has 1 fully saturated rings. The van der Waals surface area contributed by atoms with Crippen LogP contribution in [0, 0.1) is 11.7 Å². The number of nitrogens with zero attached hydrogens (tertiary/aromatic N) is 2. The summed E-state index contributed by atoms with van der Waals surface area (Å²) in [7, 11) is 0. The Bertz CT molecular complexity index is 694. The number of aryl methyl sites for hydroxylation is 1. The maximum Gasteiger partial charge on any atom is 0.224 e. The van der Waals surface area contributed by atoms with Crippen molar-refractivity contribution in [3.8, 4) is 0 Å². The molecule has 1 amide bonds. The molecule has 2 aromatic rings. The predicted molar refractivity (Wildman–Crippen MR) is 79.7 cm³/mol. The standard InChI is InChI=1S/C17H18FN3O/c18-12-3-1-11(2-4-12)14-9-15(14)17(22)20-13-5-6-16-19-7-8-21(16)10-13/h1-4,7-8,13-15H,5-6,9-10H2,(H,20,22)/t13-,14-,15-/m1/s1. The quantitative estimate of drug-likeness (QED) is 0.945. The Morgan fingerprint density at radius 1 is 1.32 bits per heavy atom.